The number of rotatable bonds is 20. The van der Waals surface area contributed by atoms with Crippen molar-refractivity contribution in [3.63, 3.8) is 0 Å². The Hall–Kier alpha value is 0.640. The van der Waals surface area contributed by atoms with E-state index in [2.05, 4.69) is 61.4 Å². The van der Waals surface area contributed by atoms with E-state index in [0.717, 1.165) is 33.1 Å². The van der Waals surface area contributed by atoms with Crippen LogP contribution >= 0.6 is 11.6 Å². The molecule has 1 aliphatic heterocycles. The van der Waals surface area contributed by atoms with Crippen LogP contribution in [0.5, 0.6) is 0 Å². The zero-order valence-electron chi connectivity index (χ0n) is 24.4. The first-order valence-electron chi connectivity index (χ1n) is 14.6. The number of benzene rings is 2. The number of nitrogens with zero attached hydrogens (tertiary/aromatic N) is 1. The minimum Gasteiger partial charge on any atom is -0.388 e. The average molecular weight is 894 g/mol. The zero-order valence-corrected chi connectivity index (χ0v) is 31.6. The van der Waals surface area contributed by atoms with Crippen molar-refractivity contribution in [3.8, 4) is 0 Å². The molecule has 2 aromatic rings. The van der Waals surface area contributed by atoms with Crippen molar-refractivity contribution >= 4 is 17.3 Å². The number of anilines is 1. The second-order valence-electron chi connectivity index (χ2n) is 10.3. The number of halogens is 4. The summed E-state index contributed by atoms with van der Waals surface area (Å²) in [6.07, 6.45) is 9.00. The Balaban J connectivity index is 1.23. The molecule has 1 atom stereocenters. The molecule has 1 fully saturated rings. The van der Waals surface area contributed by atoms with Gasteiger partial charge in [-0.3, -0.25) is 0 Å². The third kappa shape index (κ3) is 11.7. The summed E-state index contributed by atoms with van der Waals surface area (Å²) in [6.45, 7) is 8.60. The summed E-state index contributed by atoms with van der Waals surface area (Å²) in [7, 11) is 4.34. The van der Waals surface area contributed by atoms with E-state index in [1.54, 1.807) is 2.43 Å². The van der Waals surface area contributed by atoms with Gasteiger partial charge in [0.25, 0.3) is 0 Å². The number of aryl methyl sites for hydroxylation is 1. The van der Waals surface area contributed by atoms with Crippen LogP contribution in [-0.4, -0.2) is 50.0 Å². The molecular weight excluding hydrogens is 845 g/mol. The van der Waals surface area contributed by atoms with Crippen molar-refractivity contribution in [1.29, 1.82) is 0 Å². The second-order valence-corrected chi connectivity index (χ2v) is 25.1. The van der Waals surface area contributed by atoms with Gasteiger partial charge in [0.15, 0.2) is 0 Å². The van der Waals surface area contributed by atoms with Crippen molar-refractivity contribution in [2.45, 2.75) is 73.2 Å². The number of ether oxygens (including phenoxy) is 1. The van der Waals surface area contributed by atoms with Gasteiger partial charge < -0.3 is 5.32 Å². The van der Waals surface area contributed by atoms with Crippen LogP contribution < -0.4 is 68.9 Å². The topological polar surface area (TPSA) is 24.5 Å². The van der Waals surface area contributed by atoms with Gasteiger partial charge in [-0.15, -0.1) is 0 Å². The van der Waals surface area contributed by atoms with Crippen LogP contribution in [0, 0.1) is 0 Å². The Kier molecular flexibility index (Phi) is 17.3. The summed E-state index contributed by atoms with van der Waals surface area (Å²) in [5.74, 6) is 0.620. The van der Waals surface area contributed by atoms with Crippen LogP contribution in [0.1, 0.15) is 82.5 Å². The summed E-state index contributed by atoms with van der Waals surface area (Å²) in [6, 6.07) is 13.6. The molecule has 0 spiro atoms. The fourth-order valence-electron chi connectivity index (χ4n) is 5.04. The molecule has 3 nitrogen and oxygen atoms in total. The molecule has 0 aromatic heterocycles. The van der Waals surface area contributed by atoms with E-state index in [-0.39, 0.29) is 21.2 Å². The Bertz CT molecular complexity index is 972. The number of hydrogen-bond acceptors (Lipinski definition) is 3. The first kappa shape index (κ1) is 34.1. The quantitative estimate of drug-likeness (QED) is 0.103. The predicted octanol–water partition coefficient (Wildman–Crippen LogP) is -1.23. The van der Waals surface area contributed by atoms with E-state index >= 15 is 0 Å². The average Bonchev–Trinajstić information content (AvgIpc) is 2.90. The standard InChI is InChI=1S/C32H49ClI3N2O/c1-5-12-27-21-26(15-16-31(27)37-3)25(6-2)22-38(4)19-10-8-7-9-17-34-18-20-39-23-29-28(32-35-24-36-32)13-11-14-30(29)33/h11,13-16,21,25,32,37H,5-10,12,17-20,22-24H2,1-4H3/q-3/t25-/m0/s1. The fourth-order valence-corrected chi connectivity index (χ4v) is 14.8. The number of alkyl halides is 6. The van der Waals surface area contributed by atoms with Crippen LogP contribution in [0.2, 0.25) is 5.02 Å². The summed E-state index contributed by atoms with van der Waals surface area (Å²) < 4.78 is 11.3. The molecule has 39 heavy (non-hydrogen) atoms. The first-order valence-corrected chi connectivity index (χ1v) is 23.6. The number of nitrogens with one attached hydrogen (secondary N) is 1. The Labute approximate surface area is 275 Å². The van der Waals surface area contributed by atoms with Crippen molar-refractivity contribution < 1.29 is 68.4 Å². The Morgan fingerprint density at radius 1 is 1.10 bits per heavy atom. The van der Waals surface area contributed by atoms with E-state index in [1.807, 2.05) is 13.1 Å². The monoisotopic (exact) mass is 893 g/mol. The van der Waals surface area contributed by atoms with Crippen molar-refractivity contribution in [1.82, 2.24) is 4.90 Å². The van der Waals surface area contributed by atoms with E-state index in [0.29, 0.717) is 48.3 Å². The Morgan fingerprint density at radius 2 is 1.92 bits per heavy atom. The molecule has 0 unspecified atom stereocenters. The van der Waals surface area contributed by atoms with Gasteiger partial charge in [0, 0.05) is 12.7 Å². The fraction of sp³-hybridized carbons (Fsp3) is 0.625. The van der Waals surface area contributed by atoms with Crippen LogP contribution in [0.3, 0.4) is 0 Å². The summed E-state index contributed by atoms with van der Waals surface area (Å²) in [5, 5.41) is 4.28. The zero-order chi connectivity index (χ0) is 27.9. The number of hydrogen-bond donors (Lipinski definition) is 1. The van der Waals surface area contributed by atoms with Crippen LogP contribution in [0.4, 0.5) is 5.69 Å². The van der Waals surface area contributed by atoms with Crippen LogP contribution in [0.25, 0.3) is 0 Å². The molecule has 2 aromatic carbocycles. The van der Waals surface area contributed by atoms with Gasteiger partial charge in [0.2, 0.25) is 0 Å². The maximum atomic E-state index is 6.53. The van der Waals surface area contributed by atoms with E-state index < -0.39 is 0 Å². The van der Waals surface area contributed by atoms with Crippen molar-refractivity contribution in [3.05, 3.63) is 63.7 Å². The van der Waals surface area contributed by atoms with E-state index in [1.165, 1.54) is 81.9 Å². The molecule has 0 bridgehead atoms. The molecule has 0 radical (unpaired) electrons. The van der Waals surface area contributed by atoms with Gasteiger partial charge in [-0.2, -0.15) is 0 Å². The minimum atomic E-state index is 0.274. The first-order chi connectivity index (χ1) is 19.1. The van der Waals surface area contributed by atoms with Crippen LogP contribution in [0.15, 0.2) is 36.4 Å². The van der Waals surface area contributed by atoms with Gasteiger partial charge in [-0.1, -0.05) is 13.3 Å². The second kappa shape index (κ2) is 19.8. The molecule has 1 aliphatic rings. The molecule has 3 rings (SSSR count). The molecule has 1 heterocycles. The molecular formula is C32H49ClI3N2O-3. The molecule has 1 N–H and O–H groups in total. The van der Waals surface area contributed by atoms with Crippen molar-refractivity contribution in [2.75, 3.05) is 50.4 Å². The van der Waals surface area contributed by atoms with Gasteiger partial charge in [-0.05, 0) is 6.42 Å². The summed E-state index contributed by atoms with van der Waals surface area (Å²) in [4.78, 5) is 2.56. The SMILES string of the molecule is CCCc1cc([C@@H](CC)CN(C)CCCCCC[I-]CCOCc2c(Cl)cccc2C2[I-]C[I-]2)ccc1NC. The van der Waals surface area contributed by atoms with Gasteiger partial charge in [0.05, 0.1) is 0 Å². The minimum absolute atomic E-state index is 0.274. The Morgan fingerprint density at radius 3 is 2.64 bits per heavy atom. The van der Waals surface area contributed by atoms with Gasteiger partial charge in [0.1, 0.15) is 0 Å². The molecule has 0 aliphatic carbocycles. The third-order valence-electron chi connectivity index (χ3n) is 7.35. The molecule has 0 amide bonds. The third-order valence-corrected chi connectivity index (χ3v) is 22.9. The van der Waals surface area contributed by atoms with Gasteiger partial charge >= 0.3 is 240 Å². The summed E-state index contributed by atoms with van der Waals surface area (Å²) in [5.41, 5.74) is 7.09. The summed E-state index contributed by atoms with van der Waals surface area (Å²) >= 11 is 7.59. The maximum absolute atomic E-state index is 6.53. The molecule has 224 valence electrons. The van der Waals surface area contributed by atoms with Gasteiger partial charge in [-0.25, -0.2) is 0 Å². The normalized spacial score (nSPS) is 15.0. The van der Waals surface area contributed by atoms with Crippen LogP contribution in [-0.2, 0) is 17.8 Å². The number of unbranched alkanes of at least 4 members (excludes halogenated alkanes) is 3. The van der Waals surface area contributed by atoms with E-state index in [4.69, 9.17) is 16.3 Å². The smallest absolute Gasteiger partial charge is 0.388 e. The van der Waals surface area contributed by atoms with E-state index in [9.17, 15) is 0 Å². The molecule has 7 heteroatoms. The number of likely N-dealkylation sites (N-methyl/N-ethyl adjacent to an activating group) is 1. The molecule has 0 saturated carbocycles. The molecule has 1 saturated heterocycles. The van der Waals surface area contributed by atoms with Crippen molar-refractivity contribution in [2.24, 2.45) is 0 Å². The predicted molar refractivity (Wildman–Crippen MR) is 157 cm³/mol.